The summed E-state index contributed by atoms with van der Waals surface area (Å²) in [5.74, 6) is 1.42. The number of nitrogens with zero attached hydrogens (tertiary/aromatic N) is 1. The van der Waals surface area contributed by atoms with Crippen LogP contribution < -0.4 is 4.74 Å². The molecule has 0 aliphatic heterocycles. The van der Waals surface area contributed by atoms with Crippen LogP contribution in [0.5, 0.6) is 5.88 Å². The Balaban J connectivity index is 2.64. The SMILES string of the molecule is COc1cc(CC(C)(C)C)on1. The molecular formula is C9H15NO2. The molecule has 0 aliphatic carbocycles. The molecule has 1 rings (SSSR count). The van der Waals surface area contributed by atoms with E-state index in [1.165, 1.54) is 0 Å². The lowest BCUT2D eigenvalue weighted by Crippen LogP contribution is -2.08. The summed E-state index contributed by atoms with van der Waals surface area (Å²) in [6.45, 7) is 6.46. The third kappa shape index (κ3) is 2.57. The number of rotatable bonds is 2. The summed E-state index contributed by atoms with van der Waals surface area (Å²) < 4.78 is 9.96. The van der Waals surface area contributed by atoms with Crippen molar-refractivity contribution in [2.75, 3.05) is 7.11 Å². The number of ether oxygens (including phenoxy) is 1. The first kappa shape index (κ1) is 9.10. The van der Waals surface area contributed by atoms with Gasteiger partial charge in [-0.15, -0.1) is 0 Å². The van der Waals surface area contributed by atoms with Gasteiger partial charge < -0.3 is 9.26 Å². The van der Waals surface area contributed by atoms with E-state index < -0.39 is 0 Å². The third-order valence-corrected chi connectivity index (χ3v) is 1.45. The van der Waals surface area contributed by atoms with E-state index in [1.54, 1.807) is 7.11 Å². The average molecular weight is 169 g/mol. The Bertz CT molecular complexity index is 247. The van der Waals surface area contributed by atoms with Crippen LogP contribution >= 0.6 is 0 Å². The van der Waals surface area contributed by atoms with Crippen LogP contribution in [0.2, 0.25) is 0 Å². The van der Waals surface area contributed by atoms with E-state index in [-0.39, 0.29) is 5.41 Å². The second kappa shape index (κ2) is 3.17. The van der Waals surface area contributed by atoms with E-state index in [9.17, 15) is 0 Å². The number of methoxy groups -OCH3 is 1. The Labute approximate surface area is 72.7 Å². The molecule has 0 spiro atoms. The van der Waals surface area contributed by atoms with Gasteiger partial charge in [0.05, 0.1) is 7.11 Å². The van der Waals surface area contributed by atoms with E-state index in [4.69, 9.17) is 9.26 Å². The largest absolute Gasteiger partial charge is 0.479 e. The predicted octanol–water partition coefficient (Wildman–Crippen LogP) is 2.27. The Morgan fingerprint density at radius 3 is 2.58 bits per heavy atom. The molecule has 0 fully saturated rings. The Hall–Kier alpha value is -0.990. The second-order valence-corrected chi connectivity index (χ2v) is 4.07. The van der Waals surface area contributed by atoms with Crippen molar-refractivity contribution in [3.05, 3.63) is 11.8 Å². The summed E-state index contributed by atoms with van der Waals surface area (Å²) in [6, 6.07) is 1.82. The van der Waals surface area contributed by atoms with Gasteiger partial charge in [0.2, 0.25) is 0 Å². The fourth-order valence-corrected chi connectivity index (χ4v) is 0.996. The predicted molar refractivity (Wildman–Crippen MR) is 46.2 cm³/mol. The fourth-order valence-electron chi connectivity index (χ4n) is 0.996. The molecule has 12 heavy (non-hydrogen) atoms. The average Bonchev–Trinajstić information content (AvgIpc) is 2.32. The Kier molecular flexibility index (Phi) is 2.40. The van der Waals surface area contributed by atoms with Crippen LogP contribution in [-0.4, -0.2) is 12.3 Å². The van der Waals surface area contributed by atoms with Gasteiger partial charge in [-0.1, -0.05) is 20.8 Å². The zero-order chi connectivity index (χ0) is 9.19. The summed E-state index contributed by atoms with van der Waals surface area (Å²) in [4.78, 5) is 0. The molecule has 0 aromatic carbocycles. The number of hydrogen-bond donors (Lipinski definition) is 0. The van der Waals surface area contributed by atoms with Crippen molar-refractivity contribution in [1.82, 2.24) is 5.16 Å². The molecule has 0 atom stereocenters. The number of aromatic nitrogens is 1. The normalized spacial score (nSPS) is 11.7. The Morgan fingerprint density at radius 2 is 2.17 bits per heavy atom. The van der Waals surface area contributed by atoms with Crippen LogP contribution in [0.1, 0.15) is 26.5 Å². The molecule has 0 amide bonds. The van der Waals surface area contributed by atoms with Crippen molar-refractivity contribution in [1.29, 1.82) is 0 Å². The lowest BCUT2D eigenvalue weighted by molar-refractivity contribution is 0.300. The van der Waals surface area contributed by atoms with E-state index in [0.29, 0.717) is 5.88 Å². The van der Waals surface area contributed by atoms with Gasteiger partial charge >= 0.3 is 0 Å². The minimum Gasteiger partial charge on any atom is -0.479 e. The molecule has 0 radical (unpaired) electrons. The standard InChI is InChI=1S/C9H15NO2/c1-9(2,3)6-7-5-8(11-4)10-12-7/h5H,6H2,1-4H3. The highest BCUT2D eigenvalue weighted by Gasteiger charge is 2.15. The third-order valence-electron chi connectivity index (χ3n) is 1.45. The van der Waals surface area contributed by atoms with E-state index in [1.807, 2.05) is 6.07 Å². The van der Waals surface area contributed by atoms with Gasteiger partial charge in [0.25, 0.3) is 5.88 Å². The quantitative estimate of drug-likeness (QED) is 0.681. The maximum absolute atomic E-state index is 5.06. The lowest BCUT2D eigenvalue weighted by atomic mass is 9.91. The molecule has 0 unspecified atom stereocenters. The van der Waals surface area contributed by atoms with Gasteiger partial charge in [0.15, 0.2) is 0 Å². The van der Waals surface area contributed by atoms with E-state index in [0.717, 1.165) is 12.2 Å². The summed E-state index contributed by atoms with van der Waals surface area (Å²) in [5, 5.41) is 3.72. The molecule has 0 saturated heterocycles. The van der Waals surface area contributed by atoms with Crippen molar-refractivity contribution < 1.29 is 9.26 Å². The molecule has 0 saturated carbocycles. The van der Waals surface area contributed by atoms with Crippen molar-refractivity contribution in [2.24, 2.45) is 5.41 Å². The van der Waals surface area contributed by atoms with Crippen molar-refractivity contribution in [3.8, 4) is 5.88 Å². The zero-order valence-electron chi connectivity index (χ0n) is 8.05. The molecule has 3 heteroatoms. The van der Waals surface area contributed by atoms with Crippen LogP contribution in [0.4, 0.5) is 0 Å². The molecule has 68 valence electrons. The maximum Gasteiger partial charge on any atom is 0.254 e. The summed E-state index contributed by atoms with van der Waals surface area (Å²) in [6.07, 6.45) is 0.878. The van der Waals surface area contributed by atoms with Gasteiger partial charge in [0.1, 0.15) is 5.76 Å². The maximum atomic E-state index is 5.06. The van der Waals surface area contributed by atoms with Crippen LogP contribution in [-0.2, 0) is 6.42 Å². The molecule has 1 aromatic rings. The molecular weight excluding hydrogens is 154 g/mol. The van der Waals surface area contributed by atoms with Gasteiger partial charge in [-0.25, -0.2) is 0 Å². The van der Waals surface area contributed by atoms with Crippen molar-refractivity contribution >= 4 is 0 Å². The van der Waals surface area contributed by atoms with E-state index >= 15 is 0 Å². The lowest BCUT2D eigenvalue weighted by Gasteiger charge is -2.14. The number of hydrogen-bond acceptors (Lipinski definition) is 3. The summed E-state index contributed by atoms with van der Waals surface area (Å²) in [5.41, 5.74) is 0.227. The molecule has 1 heterocycles. The molecule has 3 nitrogen and oxygen atoms in total. The highest BCUT2D eigenvalue weighted by Crippen LogP contribution is 2.22. The van der Waals surface area contributed by atoms with Crippen LogP contribution in [0.25, 0.3) is 0 Å². The highest BCUT2D eigenvalue weighted by molar-refractivity contribution is 5.11. The molecule has 0 aliphatic rings. The first-order valence-electron chi connectivity index (χ1n) is 4.01. The summed E-state index contributed by atoms with van der Waals surface area (Å²) >= 11 is 0. The molecule has 0 bridgehead atoms. The fraction of sp³-hybridized carbons (Fsp3) is 0.667. The Morgan fingerprint density at radius 1 is 1.50 bits per heavy atom. The first-order valence-corrected chi connectivity index (χ1v) is 4.01. The van der Waals surface area contributed by atoms with Gasteiger partial charge in [-0.3, -0.25) is 0 Å². The van der Waals surface area contributed by atoms with Crippen LogP contribution in [0.3, 0.4) is 0 Å². The molecule has 1 aromatic heterocycles. The smallest absolute Gasteiger partial charge is 0.254 e. The first-order chi connectivity index (χ1) is 5.51. The minimum absolute atomic E-state index is 0.227. The van der Waals surface area contributed by atoms with Crippen LogP contribution in [0, 0.1) is 5.41 Å². The monoisotopic (exact) mass is 169 g/mol. The molecule has 0 N–H and O–H groups in total. The topological polar surface area (TPSA) is 35.3 Å². The second-order valence-electron chi connectivity index (χ2n) is 4.07. The highest BCUT2D eigenvalue weighted by atomic mass is 16.5. The van der Waals surface area contributed by atoms with E-state index in [2.05, 4.69) is 25.9 Å². The summed E-state index contributed by atoms with van der Waals surface area (Å²) in [7, 11) is 1.58. The zero-order valence-corrected chi connectivity index (χ0v) is 8.05. The van der Waals surface area contributed by atoms with Gasteiger partial charge in [0, 0.05) is 12.5 Å². The van der Waals surface area contributed by atoms with Crippen molar-refractivity contribution in [3.63, 3.8) is 0 Å². The van der Waals surface area contributed by atoms with Crippen molar-refractivity contribution in [2.45, 2.75) is 27.2 Å². The van der Waals surface area contributed by atoms with Gasteiger partial charge in [-0.2, -0.15) is 0 Å². The minimum atomic E-state index is 0.227. The van der Waals surface area contributed by atoms with Crippen LogP contribution in [0.15, 0.2) is 10.6 Å². The van der Waals surface area contributed by atoms with Gasteiger partial charge in [-0.05, 0) is 10.6 Å².